The van der Waals surface area contributed by atoms with Gasteiger partial charge in [-0.3, -0.25) is 0 Å². The Morgan fingerprint density at radius 3 is 2.35 bits per heavy atom. The van der Waals surface area contributed by atoms with E-state index >= 15 is 0 Å². The van der Waals surface area contributed by atoms with Crippen LogP contribution in [-0.4, -0.2) is 53.6 Å². The predicted octanol–water partition coefficient (Wildman–Crippen LogP) is 3.77. The molecule has 34 heavy (non-hydrogen) atoms. The molecule has 7 nitrogen and oxygen atoms in total. The van der Waals surface area contributed by atoms with Crippen molar-refractivity contribution in [1.29, 1.82) is 0 Å². The van der Waals surface area contributed by atoms with Gasteiger partial charge in [-0.05, 0) is 42.3 Å². The van der Waals surface area contributed by atoms with Crippen LogP contribution in [0.1, 0.15) is 38.3 Å². The van der Waals surface area contributed by atoms with Crippen molar-refractivity contribution in [2.45, 2.75) is 38.7 Å². The number of benzene rings is 2. The number of ether oxygens (including phenoxy) is 2. The number of hydrogen-bond donors (Lipinski definition) is 4. The topological polar surface area (TPSA) is 114 Å². The van der Waals surface area contributed by atoms with Crippen LogP contribution < -0.4 is 21.1 Å². The molecule has 0 amide bonds. The van der Waals surface area contributed by atoms with Crippen molar-refractivity contribution in [3.05, 3.63) is 70.0 Å². The maximum Gasteiger partial charge on any atom is 0.138 e. The van der Waals surface area contributed by atoms with Crippen LogP contribution in [0.25, 0.3) is 0 Å². The maximum atomic E-state index is 9.58. The summed E-state index contributed by atoms with van der Waals surface area (Å²) in [6, 6.07) is 13.6. The molecule has 0 aliphatic rings. The Bertz CT molecular complexity index is 952. The van der Waals surface area contributed by atoms with Gasteiger partial charge in [0.15, 0.2) is 0 Å². The van der Waals surface area contributed by atoms with Crippen LogP contribution in [0.3, 0.4) is 0 Å². The van der Waals surface area contributed by atoms with E-state index in [1.54, 1.807) is 6.92 Å². The van der Waals surface area contributed by atoms with Gasteiger partial charge < -0.3 is 30.4 Å². The monoisotopic (exact) mass is 511 g/mol. The maximum absolute atomic E-state index is 9.58. The lowest BCUT2D eigenvalue weighted by atomic mass is 9.78. The minimum absolute atomic E-state index is 0.0871. The number of halogens is 2. The summed E-state index contributed by atoms with van der Waals surface area (Å²) in [6.45, 7) is 6.94. The van der Waals surface area contributed by atoms with E-state index in [4.69, 9.17) is 49.4 Å². The molecular formula is C25H35Cl2N3O4. The zero-order valence-electron chi connectivity index (χ0n) is 19.9. The molecule has 0 fully saturated rings. The molecule has 1 atom stereocenters. The largest absolute Gasteiger partial charge is 0.494 e. The van der Waals surface area contributed by atoms with Crippen molar-refractivity contribution in [1.82, 2.24) is 5.01 Å². The number of nitrogens with two attached hydrogens (primary N) is 2. The van der Waals surface area contributed by atoms with E-state index < -0.39 is 6.10 Å². The summed E-state index contributed by atoms with van der Waals surface area (Å²) in [5, 5.41) is 20.7. The second-order valence-corrected chi connectivity index (χ2v) is 9.29. The highest BCUT2D eigenvalue weighted by atomic mass is 35.5. The standard InChI is InChI=1S/C25H35Cl2N3O4/c1-17(23(28)15-31)30(29)11-4-12-33-21-8-5-18(6-9-21)25(2,3)19-7-10-24(22(27)13-19)34-16-20(32)14-26/h5-10,13,20,31-32H,4,11-12,14-16,28-29H2,1-3H3/b23-17-. The van der Waals surface area contributed by atoms with Crippen molar-refractivity contribution in [2.75, 3.05) is 32.2 Å². The Labute approximate surface area is 211 Å². The zero-order valence-corrected chi connectivity index (χ0v) is 21.4. The van der Waals surface area contributed by atoms with Crippen molar-refractivity contribution >= 4 is 23.2 Å². The highest BCUT2D eigenvalue weighted by Crippen LogP contribution is 2.36. The highest BCUT2D eigenvalue weighted by molar-refractivity contribution is 6.32. The molecule has 0 aliphatic heterocycles. The van der Waals surface area contributed by atoms with Crippen molar-refractivity contribution in [2.24, 2.45) is 11.6 Å². The predicted molar refractivity (Wildman–Crippen MR) is 137 cm³/mol. The first-order valence-corrected chi connectivity index (χ1v) is 12.0. The van der Waals surface area contributed by atoms with E-state index in [1.165, 1.54) is 5.01 Å². The molecule has 2 aromatic rings. The van der Waals surface area contributed by atoms with E-state index in [0.29, 0.717) is 41.7 Å². The van der Waals surface area contributed by atoms with Crippen LogP contribution in [0.2, 0.25) is 5.02 Å². The third kappa shape index (κ3) is 7.68. The number of aliphatic hydroxyl groups excluding tert-OH is 2. The van der Waals surface area contributed by atoms with Gasteiger partial charge in [0.2, 0.25) is 0 Å². The Kier molecular flexibility index (Phi) is 10.8. The molecule has 0 aromatic heterocycles. The molecule has 2 rings (SSSR count). The fourth-order valence-electron chi connectivity index (χ4n) is 3.26. The van der Waals surface area contributed by atoms with Gasteiger partial charge in [-0.2, -0.15) is 0 Å². The third-order valence-electron chi connectivity index (χ3n) is 5.72. The third-order valence-corrected chi connectivity index (χ3v) is 6.37. The van der Waals surface area contributed by atoms with E-state index in [9.17, 15) is 5.11 Å². The zero-order chi connectivity index (χ0) is 25.3. The molecule has 0 spiro atoms. The van der Waals surface area contributed by atoms with E-state index in [2.05, 4.69) is 13.8 Å². The lowest BCUT2D eigenvalue weighted by molar-refractivity contribution is 0.125. The fraction of sp³-hybridized carbons (Fsp3) is 0.440. The number of hydrogen-bond acceptors (Lipinski definition) is 7. The van der Waals surface area contributed by atoms with E-state index in [0.717, 1.165) is 16.9 Å². The minimum Gasteiger partial charge on any atom is -0.494 e. The molecule has 9 heteroatoms. The quantitative estimate of drug-likeness (QED) is 0.140. The van der Waals surface area contributed by atoms with Gasteiger partial charge in [0.25, 0.3) is 0 Å². The van der Waals surface area contributed by atoms with Gasteiger partial charge in [0.05, 0.1) is 29.8 Å². The summed E-state index contributed by atoms with van der Waals surface area (Å²) in [5.74, 6) is 7.33. The number of nitrogens with zero attached hydrogens (tertiary/aromatic N) is 1. The van der Waals surface area contributed by atoms with Gasteiger partial charge in [0, 0.05) is 24.1 Å². The normalized spacial score (nSPS) is 13.3. The minimum atomic E-state index is -0.741. The number of alkyl halides is 1. The summed E-state index contributed by atoms with van der Waals surface area (Å²) in [5.41, 5.74) is 8.55. The summed E-state index contributed by atoms with van der Waals surface area (Å²) in [7, 11) is 0. The van der Waals surface area contributed by atoms with Gasteiger partial charge in [-0.25, -0.2) is 5.84 Å². The first-order chi connectivity index (χ1) is 16.1. The summed E-state index contributed by atoms with van der Waals surface area (Å²) < 4.78 is 11.4. The smallest absolute Gasteiger partial charge is 0.138 e. The lowest BCUT2D eigenvalue weighted by Gasteiger charge is -2.27. The van der Waals surface area contributed by atoms with Crippen LogP contribution in [0.4, 0.5) is 0 Å². The molecular weight excluding hydrogens is 477 g/mol. The van der Waals surface area contributed by atoms with E-state index in [-0.39, 0.29) is 24.5 Å². The van der Waals surface area contributed by atoms with Crippen molar-refractivity contribution < 1.29 is 19.7 Å². The van der Waals surface area contributed by atoms with Crippen molar-refractivity contribution in [3.8, 4) is 11.5 Å². The average molecular weight is 512 g/mol. The van der Waals surface area contributed by atoms with Gasteiger partial charge in [0.1, 0.15) is 24.2 Å². The molecule has 0 saturated heterocycles. The number of allylic oxidation sites excluding steroid dienone is 1. The molecule has 0 aliphatic carbocycles. The molecule has 2 aromatic carbocycles. The van der Waals surface area contributed by atoms with Crippen molar-refractivity contribution in [3.63, 3.8) is 0 Å². The molecule has 0 heterocycles. The second-order valence-electron chi connectivity index (χ2n) is 8.58. The summed E-state index contributed by atoms with van der Waals surface area (Å²) >= 11 is 12.0. The summed E-state index contributed by atoms with van der Waals surface area (Å²) in [6.07, 6.45) is -0.0379. The van der Waals surface area contributed by atoms with Crippen LogP contribution >= 0.6 is 23.2 Å². The molecule has 0 radical (unpaired) electrons. The Balaban J connectivity index is 1.96. The highest BCUT2D eigenvalue weighted by Gasteiger charge is 2.24. The van der Waals surface area contributed by atoms with Gasteiger partial charge in [-0.15, -0.1) is 11.6 Å². The Morgan fingerprint density at radius 1 is 1.12 bits per heavy atom. The SMILES string of the molecule is C/C(=C(/N)CO)N(N)CCCOc1ccc(C(C)(C)c2ccc(OCC(O)CCl)c(Cl)c2)cc1. The molecule has 188 valence electrons. The van der Waals surface area contributed by atoms with E-state index in [1.807, 2.05) is 42.5 Å². The lowest BCUT2D eigenvalue weighted by Crippen LogP contribution is -2.33. The molecule has 0 bridgehead atoms. The Morgan fingerprint density at radius 2 is 1.76 bits per heavy atom. The molecule has 0 saturated carbocycles. The van der Waals surface area contributed by atoms with Crippen LogP contribution in [0.15, 0.2) is 53.9 Å². The first kappa shape index (κ1) is 28.1. The molecule has 1 unspecified atom stereocenters. The van der Waals surface area contributed by atoms with Gasteiger partial charge >= 0.3 is 0 Å². The fourth-order valence-corrected chi connectivity index (χ4v) is 3.59. The molecule has 6 N–H and O–H groups in total. The first-order valence-electron chi connectivity index (χ1n) is 11.1. The average Bonchev–Trinajstić information content (AvgIpc) is 2.84. The Hall–Kier alpha value is -2.16. The second kappa shape index (κ2) is 13.1. The number of hydrazine groups is 1. The number of rotatable bonds is 13. The number of aliphatic hydroxyl groups is 2. The van der Waals surface area contributed by atoms with Crippen LogP contribution in [-0.2, 0) is 5.41 Å². The van der Waals surface area contributed by atoms with Gasteiger partial charge in [-0.1, -0.05) is 43.6 Å². The summed E-state index contributed by atoms with van der Waals surface area (Å²) in [4.78, 5) is 0. The van der Waals surface area contributed by atoms with Crippen LogP contribution in [0, 0.1) is 0 Å². The van der Waals surface area contributed by atoms with Crippen LogP contribution in [0.5, 0.6) is 11.5 Å².